The summed E-state index contributed by atoms with van der Waals surface area (Å²) in [5.74, 6) is 3.02. The van der Waals surface area contributed by atoms with Crippen molar-refractivity contribution in [3.8, 4) is 5.69 Å². The van der Waals surface area contributed by atoms with Crippen molar-refractivity contribution in [3.63, 3.8) is 0 Å². The molecule has 2 N–H and O–H groups in total. The highest BCUT2D eigenvalue weighted by molar-refractivity contribution is 14.0. The van der Waals surface area contributed by atoms with Crippen molar-refractivity contribution in [3.05, 3.63) is 58.9 Å². The zero-order valence-corrected chi connectivity index (χ0v) is 22.2. The van der Waals surface area contributed by atoms with Crippen LogP contribution in [-0.4, -0.2) is 43.6 Å². The minimum atomic E-state index is 0. The first-order chi connectivity index (χ1) is 15.7. The normalized spacial score (nSPS) is 13.7. The molecule has 0 bridgehead atoms. The number of nitrogens with zero attached hydrogens (tertiary/aromatic N) is 6. The van der Waals surface area contributed by atoms with Gasteiger partial charge in [-0.1, -0.05) is 24.6 Å². The van der Waals surface area contributed by atoms with Crippen LogP contribution < -0.4 is 10.6 Å². The van der Waals surface area contributed by atoms with Crippen LogP contribution in [0.25, 0.3) is 5.69 Å². The summed E-state index contributed by atoms with van der Waals surface area (Å²) in [7, 11) is 0. The van der Waals surface area contributed by atoms with E-state index in [-0.39, 0.29) is 24.0 Å². The highest BCUT2D eigenvalue weighted by Gasteiger charge is 2.14. The maximum Gasteiger partial charge on any atom is 0.191 e. The Labute approximate surface area is 213 Å². The lowest BCUT2D eigenvalue weighted by Crippen LogP contribution is -2.38. The number of rotatable bonds is 7. The molecule has 1 aromatic carbocycles. The third-order valence-corrected chi connectivity index (χ3v) is 5.81. The molecule has 0 spiro atoms. The van der Waals surface area contributed by atoms with E-state index in [1.807, 2.05) is 17.7 Å². The van der Waals surface area contributed by atoms with Gasteiger partial charge in [0.05, 0.1) is 17.9 Å². The van der Waals surface area contributed by atoms with Crippen molar-refractivity contribution >= 4 is 29.9 Å². The van der Waals surface area contributed by atoms with Gasteiger partial charge in [0.15, 0.2) is 5.96 Å². The molecule has 0 aliphatic carbocycles. The number of guanidine groups is 1. The predicted molar refractivity (Wildman–Crippen MR) is 143 cm³/mol. The minimum Gasteiger partial charge on any atom is -0.357 e. The summed E-state index contributed by atoms with van der Waals surface area (Å²) in [5.41, 5.74) is 4.35. The Morgan fingerprint density at radius 1 is 1.09 bits per heavy atom. The molecule has 178 valence electrons. The van der Waals surface area contributed by atoms with Crippen LogP contribution >= 0.6 is 24.0 Å². The van der Waals surface area contributed by atoms with E-state index in [1.165, 1.54) is 19.3 Å². The second-order valence-corrected chi connectivity index (χ2v) is 8.33. The molecule has 33 heavy (non-hydrogen) atoms. The van der Waals surface area contributed by atoms with Gasteiger partial charge in [-0.2, -0.15) is 5.10 Å². The fraction of sp³-hybridized carbons (Fsp3) is 0.500. The monoisotopic (exact) mass is 562 g/mol. The molecule has 0 radical (unpaired) electrons. The molecule has 8 nitrogen and oxygen atoms in total. The van der Waals surface area contributed by atoms with Gasteiger partial charge in [-0.15, -0.1) is 34.2 Å². The Balaban J connectivity index is 0.00000306. The number of aliphatic imine (C=N–C) groups is 1. The van der Waals surface area contributed by atoms with E-state index >= 15 is 0 Å². The Kier molecular flexibility index (Phi) is 9.28. The average Bonchev–Trinajstić information content (AvgIpc) is 3.23. The number of hydrogen-bond acceptors (Lipinski definition) is 4. The van der Waals surface area contributed by atoms with Crippen LogP contribution in [0.5, 0.6) is 0 Å². The molecule has 3 aromatic rings. The van der Waals surface area contributed by atoms with Gasteiger partial charge in [-0.05, 0) is 51.3 Å². The summed E-state index contributed by atoms with van der Waals surface area (Å²) in [6.07, 6.45) is 5.58. The van der Waals surface area contributed by atoms with Gasteiger partial charge in [0, 0.05) is 38.2 Å². The second kappa shape index (κ2) is 12.2. The number of aryl methyl sites for hydroxylation is 3. The fourth-order valence-electron chi connectivity index (χ4n) is 4.25. The smallest absolute Gasteiger partial charge is 0.191 e. The molecule has 4 rings (SSSR count). The van der Waals surface area contributed by atoms with Crippen LogP contribution in [0.2, 0.25) is 0 Å². The van der Waals surface area contributed by atoms with E-state index in [0.717, 1.165) is 72.7 Å². The summed E-state index contributed by atoms with van der Waals surface area (Å²) < 4.78 is 4.31. The zero-order valence-electron chi connectivity index (χ0n) is 19.8. The molecule has 0 saturated carbocycles. The van der Waals surface area contributed by atoms with Gasteiger partial charge >= 0.3 is 0 Å². The molecule has 0 saturated heterocycles. The maximum absolute atomic E-state index is 4.84. The Bertz CT molecular complexity index is 1070. The van der Waals surface area contributed by atoms with Gasteiger partial charge in [0.1, 0.15) is 11.6 Å². The van der Waals surface area contributed by atoms with Gasteiger partial charge in [-0.25, -0.2) is 9.67 Å². The highest BCUT2D eigenvalue weighted by atomic mass is 127. The van der Waals surface area contributed by atoms with Gasteiger partial charge in [0.25, 0.3) is 0 Å². The van der Waals surface area contributed by atoms with E-state index in [2.05, 4.69) is 68.6 Å². The van der Waals surface area contributed by atoms with E-state index in [0.29, 0.717) is 6.54 Å². The number of aromatic nitrogens is 5. The number of halogens is 1. The molecule has 3 heterocycles. The molecule has 0 amide bonds. The molecule has 0 unspecified atom stereocenters. The molecular formula is C24H35IN8. The van der Waals surface area contributed by atoms with Gasteiger partial charge in [0.2, 0.25) is 0 Å². The third kappa shape index (κ3) is 6.33. The SMILES string of the molecule is CCNC(=NCc1ccccc1-n1nc(C)cc1C)NCCc1nnc2n1CCCCC2.I. The van der Waals surface area contributed by atoms with Crippen molar-refractivity contribution < 1.29 is 0 Å². The van der Waals surface area contributed by atoms with Crippen LogP contribution in [-0.2, 0) is 25.9 Å². The average molecular weight is 563 g/mol. The molecule has 2 aromatic heterocycles. The van der Waals surface area contributed by atoms with Gasteiger partial charge in [-0.3, -0.25) is 0 Å². The molecule has 1 aliphatic heterocycles. The number of hydrogen-bond donors (Lipinski definition) is 2. The van der Waals surface area contributed by atoms with Crippen molar-refractivity contribution in [1.82, 2.24) is 35.2 Å². The predicted octanol–water partition coefficient (Wildman–Crippen LogP) is 3.72. The first-order valence-corrected chi connectivity index (χ1v) is 11.7. The Hall–Kier alpha value is -2.43. The number of nitrogens with one attached hydrogen (secondary N) is 2. The lowest BCUT2D eigenvalue weighted by molar-refractivity contribution is 0.600. The quantitative estimate of drug-likeness (QED) is 0.261. The zero-order chi connectivity index (χ0) is 22.3. The van der Waals surface area contributed by atoms with E-state index < -0.39 is 0 Å². The van der Waals surface area contributed by atoms with Crippen molar-refractivity contribution in [1.29, 1.82) is 0 Å². The Morgan fingerprint density at radius 3 is 2.73 bits per heavy atom. The summed E-state index contributed by atoms with van der Waals surface area (Å²) in [4.78, 5) is 4.84. The van der Waals surface area contributed by atoms with Crippen LogP contribution in [0.3, 0.4) is 0 Å². The second-order valence-electron chi connectivity index (χ2n) is 8.33. The van der Waals surface area contributed by atoms with Crippen LogP contribution in [0.15, 0.2) is 35.3 Å². The van der Waals surface area contributed by atoms with Gasteiger partial charge < -0.3 is 15.2 Å². The standard InChI is InChI=1S/C24H34N8.HI/c1-4-25-24(26-14-13-23-29-28-22-12-6-5-9-15-31(22)23)27-17-20-10-7-8-11-21(20)32-19(3)16-18(2)30-32;/h7-8,10-11,16H,4-6,9,12-15,17H2,1-3H3,(H2,25,26,27);1H. The van der Waals surface area contributed by atoms with E-state index in [4.69, 9.17) is 4.99 Å². The summed E-state index contributed by atoms with van der Waals surface area (Å²) >= 11 is 0. The van der Waals surface area contributed by atoms with Crippen LogP contribution in [0.1, 0.15) is 54.8 Å². The van der Waals surface area contributed by atoms with E-state index in [9.17, 15) is 0 Å². The fourth-order valence-corrected chi connectivity index (χ4v) is 4.25. The number of fused-ring (bicyclic) bond motifs is 1. The maximum atomic E-state index is 4.84. The van der Waals surface area contributed by atoms with Crippen molar-refractivity contribution in [2.75, 3.05) is 13.1 Å². The number of para-hydroxylation sites is 1. The lowest BCUT2D eigenvalue weighted by Gasteiger charge is -2.13. The summed E-state index contributed by atoms with van der Waals surface area (Å²) in [5, 5.41) is 20.3. The summed E-state index contributed by atoms with van der Waals surface area (Å²) in [6, 6.07) is 10.4. The van der Waals surface area contributed by atoms with Crippen LogP contribution in [0, 0.1) is 13.8 Å². The molecule has 0 atom stereocenters. The van der Waals surface area contributed by atoms with Crippen LogP contribution in [0.4, 0.5) is 0 Å². The molecule has 9 heteroatoms. The largest absolute Gasteiger partial charge is 0.357 e. The van der Waals surface area contributed by atoms with Crippen molar-refractivity contribution in [2.45, 2.75) is 66.0 Å². The van der Waals surface area contributed by atoms with E-state index in [1.54, 1.807) is 0 Å². The topological polar surface area (TPSA) is 84.9 Å². The lowest BCUT2D eigenvalue weighted by atomic mass is 10.2. The first kappa shape index (κ1) is 25.2. The minimum absolute atomic E-state index is 0. The number of benzene rings is 1. The third-order valence-electron chi connectivity index (χ3n) is 5.81. The first-order valence-electron chi connectivity index (χ1n) is 11.7. The highest BCUT2D eigenvalue weighted by Crippen LogP contribution is 2.18. The summed E-state index contributed by atoms with van der Waals surface area (Å²) in [6.45, 7) is 9.37. The molecule has 0 fully saturated rings. The molecule has 1 aliphatic rings. The van der Waals surface area contributed by atoms with Crippen molar-refractivity contribution in [2.24, 2.45) is 4.99 Å². The Morgan fingerprint density at radius 2 is 1.94 bits per heavy atom. The molecular weight excluding hydrogens is 527 g/mol.